The van der Waals surface area contributed by atoms with E-state index in [4.69, 9.17) is 0 Å². The number of carbonyl (C=O) groups excluding carboxylic acids is 1. The monoisotopic (exact) mass is 295 g/mol. The van der Waals surface area contributed by atoms with Crippen molar-refractivity contribution in [2.75, 3.05) is 44.2 Å². The van der Waals surface area contributed by atoms with Gasteiger partial charge in [0.15, 0.2) is 11.6 Å². The largest absolute Gasteiger partial charge is 0.505 e. The molecule has 0 aromatic heterocycles. The van der Waals surface area contributed by atoms with Crippen LogP contribution in [0.5, 0.6) is 5.75 Å². The SMILES string of the molecule is CCN(CC)C(=O)N1CCN(c2ccc(O)c(F)c2)CC1. The van der Waals surface area contributed by atoms with Crippen LogP contribution in [-0.4, -0.2) is 60.2 Å². The number of carbonyl (C=O) groups is 1. The van der Waals surface area contributed by atoms with E-state index in [0.29, 0.717) is 39.3 Å². The average molecular weight is 295 g/mol. The molecule has 5 nitrogen and oxygen atoms in total. The number of phenolic OH excluding ortho intramolecular Hbond substituents is 1. The van der Waals surface area contributed by atoms with Crippen molar-refractivity contribution >= 4 is 11.7 Å². The molecule has 1 saturated heterocycles. The maximum Gasteiger partial charge on any atom is 0.320 e. The van der Waals surface area contributed by atoms with E-state index in [2.05, 4.69) is 0 Å². The van der Waals surface area contributed by atoms with E-state index in [1.165, 1.54) is 12.1 Å². The number of aromatic hydroxyl groups is 1. The Labute approximate surface area is 124 Å². The fourth-order valence-electron chi connectivity index (χ4n) is 2.54. The molecule has 1 aromatic rings. The van der Waals surface area contributed by atoms with Crippen molar-refractivity contribution in [2.45, 2.75) is 13.8 Å². The number of nitrogens with zero attached hydrogens (tertiary/aromatic N) is 3. The van der Waals surface area contributed by atoms with Gasteiger partial charge < -0.3 is 19.8 Å². The summed E-state index contributed by atoms with van der Waals surface area (Å²) < 4.78 is 13.4. The molecular formula is C15H22FN3O2. The highest BCUT2D eigenvalue weighted by Gasteiger charge is 2.24. The summed E-state index contributed by atoms with van der Waals surface area (Å²) in [5, 5.41) is 9.22. The number of anilines is 1. The number of amides is 2. The van der Waals surface area contributed by atoms with Crippen LogP contribution in [0, 0.1) is 5.82 Å². The molecule has 2 rings (SSSR count). The summed E-state index contributed by atoms with van der Waals surface area (Å²) in [6.45, 7) is 7.93. The topological polar surface area (TPSA) is 47.0 Å². The predicted octanol–water partition coefficient (Wildman–Crippen LogP) is 2.12. The zero-order valence-electron chi connectivity index (χ0n) is 12.5. The Morgan fingerprint density at radius 2 is 1.86 bits per heavy atom. The van der Waals surface area contributed by atoms with Crippen LogP contribution in [0.4, 0.5) is 14.9 Å². The lowest BCUT2D eigenvalue weighted by Crippen LogP contribution is -2.52. The predicted molar refractivity (Wildman–Crippen MR) is 80.2 cm³/mol. The van der Waals surface area contributed by atoms with Gasteiger partial charge in [0, 0.05) is 51.0 Å². The van der Waals surface area contributed by atoms with Crippen molar-refractivity contribution in [3.05, 3.63) is 24.0 Å². The van der Waals surface area contributed by atoms with Gasteiger partial charge >= 0.3 is 6.03 Å². The van der Waals surface area contributed by atoms with Crippen LogP contribution in [0.3, 0.4) is 0 Å². The minimum absolute atomic E-state index is 0.0662. The lowest BCUT2D eigenvalue weighted by atomic mass is 10.2. The van der Waals surface area contributed by atoms with Crippen molar-refractivity contribution < 1.29 is 14.3 Å². The summed E-state index contributed by atoms with van der Waals surface area (Å²) in [6, 6.07) is 4.45. The number of rotatable bonds is 3. The number of hydrogen-bond donors (Lipinski definition) is 1. The second-order valence-corrected chi connectivity index (χ2v) is 5.06. The number of halogens is 1. The van der Waals surface area contributed by atoms with Gasteiger partial charge in [0.25, 0.3) is 0 Å². The lowest BCUT2D eigenvalue weighted by molar-refractivity contribution is 0.154. The van der Waals surface area contributed by atoms with Crippen molar-refractivity contribution in [2.24, 2.45) is 0 Å². The third-order valence-corrected chi connectivity index (χ3v) is 3.88. The first-order valence-corrected chi connectivity index (χ1v) is 7.34. The van der Waals surface area contributed by atoms with E-state index in [0.717, 1.165) is 5.69 Å². The highest BCUT2D eigenvalue weighted by Crippen LogP contribution is 2.23. The average Bonchev–Trinajstić information content (AvgIpc) is 2.51. The number of phenols is 1. The molecule has 116 valence electrons. The lowest BCUT2D eigenvalue weighted by Gasteiger charge is -2.38. The number of benzene rings is 1. The van der Waals surface area contributed by atoms with Crippen LogP contribution >= 0.6 is 0 Å². The van der Waals surface area contributed by atoms with E-state index in [-0.39, 0.29) is 11.8 Å². The smallest absolute Gasteiger partial charge is 0.320 e. The Morgan fingerprint density at radius 1 is 1.24 bits per heavy atom. The number of piperazine rings is 1. The third kappa shape index (κ3) is 3.37. The fourth-order valence-corrected chi connectivity index (χ4v) is 2.54. The molecule has 6 heteroatoms. The molecule has 0 unspecified atom stereocenters. The highest BCUT2D eigenvalue weighted by molar-refractivity contribution is 5.74. The van der Waals surface area contributed by atoms with Gasteiger partial charge in [-0.2, -0.15) is 0 Å². The van der Waals surface area contributed by atoms with Crippen LogP contribution < -0.4 is 4.90 Å². The van der Waals surface area contributed by atoms with Gasteiger partial charge in [-0.3, -0.25) is 0 Å². The zero-order valence-corrected chi connectivity index (χ0v) is 12.5. The number of hydrogen-bond acceptors (Lipinski definition) is 3. The number of urea groups is 1. The first-order valence-electron chi connectivity index (χ1n) is 7.34. The summed E-state index contributed by atoms with van der Waals surface area (Å²) in [5.41, 5.74) is 0.736. The molecule has 1 fully saturated rings. The Morgan fingerprint density at radius 3 is 2.38 bits per heavy atom. The van der Waals surface area contributed by atoms with Crippen LogP contribution in [0.1, 0.15) is 13.8 Å². The minimum Gasteiger partial charge on any atom is -0.505 e. The van der Waals surface area contributed by atoms with Gasteiger partial charge in [0.2, 0.25) is 0 Å². The molecule has 0 aliphatic carbocycles. The molecule has 0 bridgehead atoms. The van der Waals surface area contributed by atoms with Crippen molar-refractivity contribution in [3.8, 4) is 5.75 Å². The first kappa shape index (κ1) is 15.4. The minimum atomic E-state index is -0.617. The summed E-state index contributed by atoms with van der Waals surface area (Å²) >= 11 is 0. The molecule has 1 aliphatic rings. The second-order valence-electron chi connectivity index (χ2n) is 5.06. The molecule has 1 aromatic carbocycles. The Bertz CT molecular complexity index is 498. The fraction of sp³-hybridized carbons (Fsp3) is 0.533. The van der Waals surface area contributed by atoms with Gasteiger partial charge in [-0.05, 0) is 26.0 Å². The van der Waals surface area contributed by atoms with Gasteiger partial charge in [0.05, 0.1) is 0 Å². The molecule has 0 atom stereocenters. The van der Waals surface area contributed by atoms with Crippen LogP contribution in [0.2, 0.25) is 0 Å². The molecule has 0 spiro atoms. The molecular weight excluding hydrogens is 273 g/mol. The zero-order chi connectivity index (χ0) is 15.4. The third-order valence-electron chi connectivity index (χ3n) is 3.88. The molecule has 0 radical (unpaired) electrons. The summed E-state index contributed by atoms with van der Waals surface area (Å²) in [7, 11) is 0. The van der Waals surface area contributed by atoms with Gasteiger partial charge in [-0.1, -0.05) is 0 Å². The Hall–Kier alpha value is -1.98. The van der Waals surface area contributed by atoms with Crippen molar-refractivity contribution in [3.63, 3.8) is 0 Å². The Balaban J connectivity index is 1.96. The Kier molecular flexibility index (Phi) is 4.88. The molecule has 1 heterocycles. The van der Waals surface area contributed by atoms with Crippen LogP contribution in [-0.2, 0) is 0 Å². The normalized spacial score (nSPS) is 15.2. The van der Waals surface area contributed by atoms with Gasteiger partial charge in [0.1, 0.15) is 0 Å². The quantitative estimate of drug-likeness (QED) is 0.929. The standard InChI is InChI=1S/C15H22FN3O2/c1-3-17(4-2)15(21)19-9-7-18(8-10-19)12-5-6-14(20)13(16)11-12/h5-6,11,20H,3-4,7-10H2,1-2H3. The van der Waals surface area contributed by atoms with Gasteiger partial charge in [-0.25, -0.2) is 9.18 Å². The molecule has 2 amide bonds. The maximum absolute atomic E-state index is 13.4. The molecule has 1 N–H and O–H groups in total. The van der Waals surface area contributed by atoms with E-state index >= 15 is 0 Å². The summed E-state index contributed by atoms with van der Waals surface area (Å²) in [4.78, 5) is 17.9. The van der Waals surface area contributed by atoms with E-state index in [9.17, 15) is 14.3 Å². The van der Waals surface area contributed by atoms with Crippen LogP contribution in [0.25, 0.3) is 0 Å². The van der Waals surface area contributed by atoms with Crippen molar-refractivity contribution in [1.29, 1.82) is 0 Å². The first-order chi connectivity index (χ1) is 10.1. The molecule has 1 aliphatic heterocycles. The van der Waals surface area contributed by atoms with E-state index < -0.39 is 5.82 Å². The summed E-state index contributed by atoms with van der Waals surface area (Å²) in [5.74, 6) is -0.955. The second kappa shape index (κ2) is 6.65. The highest BCUT2D eigenvalue weighted by atomic mass is 19.1. The molecule has 21 heavy (non-hydrogen) atoms. The van der Waals surface area contributed by atoms with E-state index in [1.807, 2.05) is 23.6 Å². The van der Waals surface area contributed by atoms with Crippen LogP contribution in [0.15, 0.2) is 18.2 Å². The van der Waals surface area contributed by atoms with Crippen molar-refractivity contribution in [1.82, 2.24) is 9.80 Å². The van der Waals surface area contributed by atoms with Gasteiger partial charge in [-0.15, -0.1) is 0 Å². The maximum atomic E-state index is 13.4. The molecule has 0 saturated carbocycles. The van der Waals surface area contributed by atoms with E-state index in [1.54, 1.807) is 11.0 Å². The summed E-state index contributed by atoms with van der Waals surface area (Å²) in [6.07, 6.45) is 0.